The molecule has 0 bridgehead atoms. The van der Waals surface area contributed by atoms with E-state index in [0.29, 0.717) is 53.2 Å². The summed E-state index contributed by atoms with van der Waals surface area (Å²) in [5, 5.41) is 18.4. The van der Waals surface area contributed by atoms with Gasteiger partial charge in [0, 0.05) is 59.5 Å². The highest BCUT2D eigenvalue weighted by Crippen LogP contribution is 2.34. The van der Waals surface area contributed by atoms with Gasteiger partial charge >= 0.3 is 6.03 Å². The number of nitrogens with one attached hydrogen (secondary N) is 4. The fourth-order valence-corrected chi connectivity index (χ4v) is 5.74. The highest BCUT2D eigenvalue weighted by Gasteiger charge is 2.16. The molecule has 4 aromatic carbocycles. The van der Waals surface area contributed by atoms with Crippen LogP contribution >= 0.6 is 0 Å². The van der Waals surface area contributed by atoms with Crippen LogP contribution in [0.1, 0.15) is 41.4 Å². The molecule has 0 spiro atoms. The Morgan fingerprint density at radius 2 is 1.70 bits per heavy atom. The van der Waals surface area contributed by atoms with Gasteiger partial charge in [-0.1, -0.05) is 55.3 Å². The Bertz CT molecular complexity index is 2230. The summed E-state index contributed by atoms with van der Waals surface area (Å²) in [6.07, 6.45) is 4.45. The fraction of sp³-hybridized carbons (Fsp3) is 0.244. The highest BCUT2D eigenvalue weighted by molar-refractivity contribution is 6.07. The largest absolute Gasteiger partial charge is 0.497 e. The number of methoxy groups -OCH3 is 1. The lowest BCUT2D eigenvalue weighted by atomic mass is 10.1. The minimum absolute atomic E-state index is 0.218. The number of carbonyl (C=O) groups is 2. The van der Waals surface area contributed by atoms with E-state index in [4.69, 9.17) is 14.6 Å². The molecule has 2 aromatic heterocycles. The normalized spacial score (nSPS) is 11.0. The number of ether oxygens (including phenoxy) is 2. The van der Waals surface area contributed by atoms with E-state index in [-0.39, 0.29) is 11.9 Å². The van der Waals surface area contributed by atoms with Crippen molar-refractivity contribution in [2.75, 3.05) is 50.2 Å². The Kier molecular flexibility index (Phi) is 12.0. The number of hydrogen-bond donors (Lipinski definition) is 4. The first-order chi connectivity index (χ1) is 26.2. The van der Waals surface area contributed by atoms with Crippen molar-refractivity contribution in [2.45, 2.75) is 33.1 Å². The van der Waals surface area contributed by atoms with Crippen molar-refractivity contribution in [1.82, 2.24) is 30.0 Å². The molecular weight excluding hydrogens is 683 g/mol. The van der Waals surface area contributed by atoms with Crippen molar-refractivity contribution in [3.8, 4) is 23.1 Å². The standard InChI is InChI=1S/C41H45N9O4/c1-6-7-10-29-26-37(50(48-29)31-15-13-27(2)14-16-31)46-41(52)45-35-17-18-36(34-12-9-8-11-33(34)35)54-38-19-20-43-40(47-38)44-30-23-28(24-32(25-30)53-5)39(51)42-21-22-49(3)4/h8-9,11-20,23-26H,6-7,10,21-22H2,1-5H3,(H,42,51)(H,43,44,47)(H2,45,46,52). The number of rotatable bonds is 15. The van der Waals surface area contributed by atoms with Crippen molar-refractivity contribution in [3.63, 3.8) is 0 Å². The summed E-state index contributed by atoms with van der Waals surface area (Å²) < 4.78 is 13.5. The molecule has 0 aliphatic heterocycles. The zero-order chi connectivity index (χ0) is 38.0. The van der Waals surface area contributed by atoms with Crippen molar-refractivity contribution >= 4 is 45.9 Å². The lowest BCUT2D eigenvalue weighted by Gasteiger charge is -2.15. The summed E-state index contributed by atoms with van der Waals surface area (Å²) >= 11 is 0. The molecule has 0 atom stereocenters. The van der Waals surface area contributed by atoms with Gasteiger partial charge in [-0.2, -0.15) is 10.1 Å². The van der Waals surface area contributed by atoms with Crippen molar-refractivity contribution in [2.24, 2.45) is 0 Å². The van der Waals surface area contributed by atoms with E-state index < -0.39 is 6.03 Å². The van der Waals surface area contributed by atoms with Gasteiger partial charge in [0.05, 0.1) is 24.2 Å². The highest BCUT2D eigenvalue weighted by atomic mass is 16.5. The molecule has 6 rings (SSSR count). The zero-order valence-corrected chi connectivity index (χ0v) is 31.1. The third-order valence-electron chi connectivity index (χ3n) is 8.55. The van der Waals surface area contributed by atoms with Gasteiger partial charge in [0.1, 0.15) is 17.3 Å². The van der Waals surface area contributed by atoms with Crippen LogP contribution in [0.5, 0.6) is 17.4 Å². The van der Waals surface area contributed by atoms with E-state index in [1.165, 1.54) is 0 Å². The van der Waals surface area contributed by atoms with Gasteiger partial charge in [0.2, 0.25) is 11.8 Å². The van der Waals surface area contributed by atoms with Crippen LogP contribution in [0.4, 0.5) is 27.9 Å². The van der Waals surface area contributed by atoms with Crippen molar-refractivity contribution < 1.29 is 19.1 Å². The number of carbonyl (C=O) groups excluding carboxylic acids is 2. The summed E-state index contributed by atoms with van der Waals surface area (Å²) in [6.45, 7) is 5.40. The molecule has 4 N–H and O–H groups in total. The second-order valence-corrected chi connectivity index (χ2v) is 13.1. The molecule has 0 saturated heterocycles. The van der Waals surface area contributed by atoms with Crippen LogP contribution in [0.15, 0.2) is 97.2 Å². The second-order valence-electron chi connectivity index (χ2n) is 13.1. The lowest BCUT2D eigenvalue weighted by molar-refractivity contribution is 0.0950. The lowest BCUT2D eigenvalue weighted by Crippen LogP contribution is -2.31. The van der Waals surface area contributed by atoms with Crippen LogP contribution < -0.4 is 30.7 Å². The predicted molar refractivity (Wildman–Crippen MR) is 213 cm³/mol. The number of benzene rings is 4. The average molecular weight is 728 g/mol. The van der Waals surface area contributed by atoms with E-state index in [1.54, 1.807) is 54.4 Å². The Morgan fingerprint density at radius 3 is 2.46 bits per heavy atom. The summed E-state index contributed by atoms with van der Waals surface area (Å²) in [4.78, 5) is 37.2. The predicted octanol–water partition coefficient (Wildman–Crippen LogP) is 7.95. The minimum atomic E-state index is -0.401. The summed E-state index contributed by atoms with van der Waals surface area (Å²) in [5.41, 5.74) is 4.52. The molecule has 54 heavy (non-hydrogen) atoms. The third kappa shape index (κ3) is 9.49. The van der Waals surface area contributed by atoms with Gasteiger partial charge in [-0.25, -0.2) is 14.5 Å². The number of hydrogen-bond acceptors (Lipinski definition) is 9. The average Bonchev–Trinajstić information content (AvgIpc) is 3.56. The van der Waals surface area contributed by atoms with Gasteiger partial charge in [-0.15, -0.1) is 0 Å². The molecule has 0 unspecified atom stereocenters. The monoisotopic (exact) mass is 727 g/mol. The molecule has 0 aliphatic carbocycles. The molecular formula is C41H45N9O4. The number of aryl methyl sites for hydroxylation is 2. The molecule has 0 aliphatic rings. The molecule has 2 heterocycles. The Morgan fingerprint density at radius 1 is 0.907 bits per heavy atom. The molecule has 13 nitrogen and oxygen atoms in total. The van der Waals surface area contributed by atoms with Gasteiger partial charge in [-0.3, -0.25) is 10.1 Å². The first-order valence-corrected chi connectivity index (χ1v) is 17.8. The third-order valence-corrected chi connectivity index (χ3v) is 8.55. The number of amides is 3. The smallest absolute Gasteiger partial charge is 0.324 e. The van der Waals surface area contributed by atoms with Crippen LogP contribution in [0.3, 0.4) is 0 Å². The summed E-state index contributed by atoms with van der Waals surface area (Å²) in [6, 6.07) is 27.6. The zero-order valence-electron chi connectivity index (χ0n) is 31.1. The van der Waals surface area contributed by atoms with Gasteiger partial charge < -0.3 is 30.3 Å². The maximum Gasteiger partial charge on any atom is 0.324 e. The van der Waals surface area contributed by atoms with Crippen LogP contribution in [-0.2, 0) is 6.42 Å². The van der Waals surface area contributed by atoms with Crippen molar-refractivity contribution in [1.29, 1.82) is 0 Å². The quantitative estimate of drug-likeness (QED) is 0.0828. The first-order valence-electron chi connectivity index (χ1n) is 17.8. The number of unbranched alkanes of at least 4 members (excludes halogenated alkanes) is 1. The van der Waals surface area contributed by atoms with E-state index in [0.717, 1.165) is 47.0 Å². The van der Waals surface area contributed by atoms with Crippen LogP contribution in [-0.4, -0.2) is 70.9 Å². The summed E-state index contributed by atoms with van der Waals surface area (Å²) in [7, 11) is 5.44. The Hall–Kier alpha value is -6.47. The Balaban J connectivity index is 1.18. The molecule has 6 aromatic rings. The number of nitrogens with zero attached hydrogens (tertiary/aromatic N) is 5. The number of anilines is 4. The topological polar surface area (TPSA) is 148 Å². The molecule has 0 saturated carbocycles. The van der Waals surface area contributed by atoms with Gasteiger partial charge in [0.15, 0.2) is 0 Å². The second kappa shape index (κ2) is 17.4. The van der Waals surface area contributed by atoms with Crippen LogP contribution in [0.25, 0.3) is 16.5 Å². The van der Waals surface area contributed by atoms with Crippen molar-refractivity contribution in [3.05, 3.63) is 114 Å². The number of aromatic nitrogens is 4. The maximum absolute atomic E-state index is 13.5. The van der Waals surface area contributed by atoms with E-state index >= 15 is 0 Å². The van der Waals surface area contributed by atoms with Crippen LogP contribution in [0.2, 0.25) is 0 Å². The molecule has 0 fully saturated rings. The van der Waals surface area contributed by atoms with Crippen LogP contribution in [0, 0.1) is 6.92 Å². The van der Waals surface area contributed by atoms with E-state index in [9.17, 15) is 9.59 Å². The maximum atomic E-state index is 13.5. The SMILES string of the molecule is CCCCc1cc(NC(=O)Nc2ccc(Oc3ccnc(Nc4cc(OC)cc(C(=O)NCCN(C)C)c4)n3)c3ccccc23)n(-c2ccc(C)cc2)n1. The summed E-state index contributed by atoms with van der Waals surface area (Å²) in [5.74, 6) is 1.97. The number of likely N-dealkylation sites (N-methyl/N-ethyl adjacent to an activating group) is 1. The van der Waals surface area contributed by atoms with E-state index in [2.05, 4.69) is 38.2 Å². The fourth-order valence-electron chi connectivity index (χ4n) is 5.74. The number of urea groups is 1. The van der Waals surface area contributed by atoms with Gasteiger partial charge in [0.25, 0.3) is 5.91 Å². The molecule has 3 amide bonds. The minimum Gasteiger partial charge on any atom is -0.497 e. The molecule has 278 valence electrons. The van der Waals surface area contributed by atoms with Gasteiger partial charge in [-0.05, 0) is 70.3 Å². The number of fused-ring (bicyclic) bond motifs is 1. The first kappa shape index (κ1) is 37.3. The Labute approximate surface area is 314 Å². The molecule has 0 radical (unpaired) electrons. The molecule has 13 heteroatoms. The van der Waals surface area contributed by atoms with E-state index in [1.807, 2.05) is 80.5 Å².